The number of esters is 1. The standard InChI is InChI=1S/C15H20N2O4/c1-16(9-5-8-14(18)20-2)10-11-17-12-6-3-4-7-13(12)21-15(17)19/h3-4,6-7H,5,8-11H2,1-2H3. The summed E-state index contributed by atoms with van der Waals surface area (Å²) in [6.07, 6.45) is 1.15. The number of hydrogen-bond acceptors (Lipinski definition) is 5. The zero-order valence-corrected chi connectivity index (χ0v) is 12.4. The molecule has 0 fully saturated rings. The number of aromatic nitrogens is 1. The van der Waals surface area contributed by atoms with Crippen LogP contribution in [-0.4, -0.2) is 42.7 Å². The first-order chi connectivity index (χ1) is 10.1. The van der Waals surface area contributed by atoms with Crippen LogP contribution in [0.25, 0.3) is 11.1 Å². The quantitative estimate of drug-likeness (QED) is 0.723. The summed E-state index contributed by atoms with van der Waals surface area (Å²) in [7, 11) is 3.35. The van der Waals surface area contributed by atoms with E-state index >= 15 is 0 Å². The fraction of sp³-hybridized carbons (Fsp3) is 0.467. The Bertz CT molecular complexity index is 659. The highest BCUT2D eigenvalue weighted by Crippen LogP contribution is 2.11. The fourth-order valence-corrected chi connectivity index (χ4v) is 2.20. The third kappa shape index (κ3) is 3.95. The summed E-state index contributed by atoms with van der Waals surface area (Å²) < 4.78 is 11.4. The molecule has 21 heavy (non-hydrogen) atoms. The molecule has 0 bridgehead atoms. The maximum Gasteiger partial charge on any atom is 0.419 e. The van der Waals surface area contributed by atoms with Gasteiger partial charge in [0.15, 0.2) is 5.58 Å². The van der Waals surface area contributed by atoms with Crippen LogP contribution in [0.2, 0.25) is 0 Å². The van der Waals surface area contributed by atoms with Crippen LogP contribution in [0.5, 0.6) is 0 Å². The van der Waals surface area contributed by atoms with Crippen LogP contribution < -0.4 is 5.76 Å². The van der Waals surface area contributed by atoms with Gasteiger partial charge in [-0.05, 0) is 32.1 Å². The van der Waals surface area contributed by atoms with Crippen LogP contribution in [0.3, 0.4) is 0 Å². The molecular weight excluding hydrogens is 272 g/mol. The summed E-state index contributed by atoms with van der Waals surface area (Å²) in [5.41, 5.74) is 1.42. The summed E-state index contributed by atoms with van der Waals surface area (Å²) in [5, 5.41) is 0. The first-order valence-corrected chi connectivity index (χ1v) is 6.95. The fourth-order valence-electron chi connectivity index (χ4n) is 2.20. The van der Waals surface area contributed by atoms with Crippen molar-refractivity contribution in [3.8, 4) is 0 Å². The van der Waals surface area contributed by atoms with E-state index in [1.807, 2.05) is 25.2 Å². The zero-order chi connectivity index (χ0) is 15.2. The highest BCUT2D eigenvalue weighted by atomic mass is 16.5. The van der Waals surface area contributed by atoms with E-state index in [2.05, 4.69) is 9.64 Å². The molecule has 0 N–H and O–H groups in total. The zero-order valence-electron chi connectivity index (χ0n) is 12.4. The second kappa shape index (κ2) is 7.08. The van der Waals surface area contributed by atoms with Crippen LogP contribution >= 0.6 is 0 Å². The van der Waals surface area contributed by atoms with Gasteiger partial charge in [-0.15, -0.1) is 0 Å². The Morgan fingerprint density at radius 3 is 2.86 bits per heavy atom. The number of ether oxygens (including phenoxy) is 1. The number of carbonyl (C=O) groups excluding carboxylic acids is 1. The third-order valence-electron chi connectivity index (χ3n) is 3.43. The first-order valence-electron chi connectivity index (χ1n) is 6.95. The molecule has 6 heteroatoms. The van der Waals surface area contributed by atoms with Gasteiger partial charge in [-0.3, -0.25) is 9.36 Å². The molecule has 0 amide bonds. The summed E-state index contributed by atoms with van der Waals surface area (Å²) in [5.74, 6) is -0.528. The van der Waals surface area contributed by atoms with Gasteiger partial charge in [-0.1, -0.05) is 12.1 Å². The minimum atomic E-state index is -0.334. The van der Waals surface area contributed by atoms with Crippen LogP contribution in [-0.2, 0) is 16.1 Å². The largest absolute Gasteiger partial charge is 0.469 e. The lowest BCUT2D eigenvalue weighted by Gasteiger charge is -2.16. The summed E-state index contributed by atoms with van der Waals surface area (Å²) in [6, 6.07) is 7.38. The first kappa shape index (κ1) is 15.3. The molecule has 2 rings (SSSR count). The molecule has 1 heterocycles. The molecule has 0 aliphatic heterocycles. The monoisotopic (exact) mass is 292 g/mol. The Morgan fingerprint density at radius 2 is 2.10 bits per heavy atom. The van der Waals surface area contributed by atoms with E-state index < -0.39 is 0 Å². The van der Waals surface area contributed by atoms with Crippen LogP contribution in [0.4, 0.5) is 0 Å². The lowest BCUT2D eigenvalue weighted by Crippen LogP contribution is -2.27. The van der Waals surface area contributed by atoms with Gasteiger partial charge in [-0.2, -0.15) is 0 Å². The Balaban J connectivity index is 1.88. The van der Waals surface area contributed by atoms with Crippen molar-refractivity contribution in [1.29, 1.82) is 0 Å². The van der Waals surface area contributed by atoms with E-state index in [-0.39, 0.29) is 11.7 Å². The Hall–Kier alpha value is -2.08. The molecule has 0 radical (unpaired) electrons. The van der Waals surface area contributed by atoms with Crippen molar-refractivity contribution in [3.05, 3.63) is 34.8 Å². The van der Waals surface area contributed by atoms with Gasteiger partial charge in [0.1, 0.15) is 0 Å². The van der Waals surface area contributed by atoms with Gasteiger partial charge < -0.3 is 14.1 Å². The second-order valence-electron chi connectivity index (χ2n) is 4.97. The number of para-hydroxylation sites is 2. The normalized spacial score (nSPS) is 11.2. The number of benzene rings is 1. The maximum absolute atomic E-state index is 11.8. The van der Waals surface area contributed by atoms with Crippen molar-refractivity contribution in [2.75, 3.05) is 27.2 Å². The molecule has 0 atom stereocenters. The molecular formula is C15H20N2O4. The Kier molecular flexibility index (Phi) is 5.16. The molecule has 0 saturated heterocycles. The molecule has 0 aliphatic carbocycles. The lowest BCUT2D eigenvalue weighted by molar-refractivity contribution is -0.140. The molecule has 0 saturated carbocycles. The van der Waals surface area contributed by atoms with Crippen molar-refractivity contribution in [2.24, 2.45) is 0 Å². The smallest absolute Gasteiger partial charge is 0.419 e. The lowest BCUT2D eigenvalue weighted by atomic mass is 10.3. The SMILES string of the molecule is COC(=O)CCCN(C)CCn1c(=O)oc2ccccc21. The van der Waals surface area contributed by atoms with E-state index in [9.17, 15) is 9.59 Å². The predicted octanol–water partition coefficient (Wildman–Crippen LogP) is 1.48. The predicted molar refractivity (Wildman–Crippen MR) is 79.2 cm³/mol. The molecule has 0 aliphatic rings. The summed E-state index contributed by atoms with van der Waals surface area (Å²) >= 11 is 0. The average Bonchev–Trinajstić information content (AvgIpc) is 2.80. The number of oxazole rings is 1. The molecule has 114 valence electrons. The number of fused-ring (bicyclic) bond motifs is 1. The van der Waals surface area contributed by atoms with E-state index in [1.165, 1.54) is 7.11 Å². The van der Waals surface area contributed by atoms with E-state index in [4.69, 9.17) is 4.42 Å². The van der Waals surface area contributed by atoms with Gasteiger partial charge in [0.05, 0.1) is 12.6 Å². The summed E-state index contributed by atoms with van der Waals surface area (Å²) in [4.78, 5) is 24.9. The topological polar surface area (TPSA) is 64.7 Å². The number of rotatable bonds is 7. The minimum absolute atomic E-state index is 0.194. The molecule has 2 aromatic rings. The number of likely N-dealkylation sites (N-methyl/N-ethyl adjacent to an activating group) is 1. The summed E-state index contributed by atoms with van der Waals surface area (Å²) in [6.45, 7) is 2.05. The number of nitrogens with zero attached hydrogens (tertiary/aromatic N) is 2. The third-order valence-corrected chi connectivity index (χ3v) is 3.43. The molecule has 1 aromatic carbocycles. The Morgan fingerprint density at radius 1 is 1.33 bits per heavy atom. The second-order valence-corrected chi connectivity index (χ2v) is 4.97. The maximum atomic E-state index is 11.8. The van der Waals surface area contributed by atoms with Crippen LogP contribution in [0, 0.1) is 0 Å². The van der Waals surface area contributed by atoms with E-state index in [0.717, 1.165) is 18.5 Å². The van der Waals surface area contributed by atoms with Gasteiger partial charge in [0, 0.05) is 19.5 Å². The van der Waals surface area contributed by atoms with Crippen molar-refractivity contribution < 1.29 is 13.9 Å². The molecule has 0 unspecified atom stereocenters. The van der Waals surface area contributed by atoms with Gasteiger partial charge in [0.25, 0.3) is 0 Å². The van der Waals surface area contributed by atoms with Crippen molar-refractivity contribution in [2.45, 2.75) is 19.4 Å². The minimum Gasteiger partial charge on any atom is -0.469 e. The molecule has 0 spiro atoms. The number of methoxy groups -OCH3 is 1. The number of hydrogen-bond donors (Lipinski definition) is 0. The van der Waals surface area contributed by atoms with Crippen molar-refractivity contribution in [3.63, 3.8) is 0 Å². The Labute approximate surface area is 122 Å². The van der Waals surface area contributed by atoms with E-state index in [0.29, 0.717) is 25.1 Å². The van der Waals surface area contributed by atoms with Crippen LogP contribution in [0.15, 0.2) is 33.5 Å². The molecule has 1 aromatic heterocycles. The van der Waals surface area contributed by atoms with E-state index in [1.54, 1.807) is 10.6 Å². The number of carbonyl (C=O) groups is 1. The highest BCUT2D eigenvalue weighted by molar-refractivity contribution is 5.72. The molecule has 6 nitrogen and oxygen atoms in total. The van der Waals surface area contributed by atoms with Crippen molar-refractivity contribution in [1.82, 2.24) is 9.47 Å². The average molecular weight is 292 g/mol. The van der Waals surface area contributed by atoms with Gasteiger partial charge in [-0.25, -0.2) is 4.79 Å². The highest BCUT2D eigenvalue weighted by Gasteiger charge is 2.09. The van der Waals surface area contributed by atoms with Crippen molar-refractivity contribution >= 4 is 17.1 Å². The van der Waals surface area contributed by atoms with Gasteiger partial charge >= 0.3 is 11.7 Å². The van der Waals surface area contributed by atoms with Gasteiger partial charge in [0.2, 0.25) is 0 Å². The van der Waals surface area contributed by atoms with Crippen LogP contribution in [0.1, 0.15) is 12.8 Å².